The summed E-state index contributed by atoms with van der Waals surface area (Å²) in [6.07, 6.45) is -3.27. The molecule has 26 heavy (non-hydrogen) atoms. The quantitative estimate of drug-likeness (QED) is 0.436. The number of hydrogen-bond acceptors (Lipinski definition) is 7. The van der Waals surface area contributed by atoms with Crippen LogP contribution in [0.5, 0.6) is 0 Å². The number of carbonyl (C=O) groups excluding carboxylic acids is 1. The highest BCUT2D eigenvalue weighted by Gasteiger charge is 2.38. The fourth-order valence-electron chi connectivity index (χ4n) is 1.38. The number of nitrogens with zero attached hydrogens (tertiary/aromatic N) is 2. The Bertz CT molecular complexity index is 520. The molecule has 10 nitrogen and oxygen atoms in total. The maximum atomic E-state index is 11.2. The number of carbonyl (C=O) groups is 3. The van der Waals surface area contributed by atoms with Crippen molar-refractivity contribution in [2.45, 2.75) is 50.5 Å². The maximum absolute atomic E-state index is 11.2. The lowest BCUT2D eigenvalue weighted by Gasteiger charge is -2.08. The zero-order valence-corrected chi connectivity index (χ0v) is 14.0. The number of halogens is 3. The highest BCUT2D eigenvalue weighted by molar-refractivity contribution is 5.73. The first kappa shape index (κ1) is 23.6. The van der Waals surface area contributed by atoms with Crippen molar-refractivity contribution in [3.63, 3.8) is 0 Å². The number of carboxylic acid groups (broad SMARTS) is 2. The lowest BCUT2D eigenvalue weighted by Crippen LogP contribution is -2.30. The highest BCUT2D eigenvalue weighted by Crippen LogP contribution is 2.30. The molecular formula is C13H21F3N4O6. The van der Waals surface area contributed by atoms with E-state index < -0.39 is 30.2 Å². The molecule has 0 saturated carbocycles. The molecule has 1 rings (SSSR count). The van der Waals surface area contributed by atoms with E-state index in [0.717, 1.165) is 0 Å². The van der Waals surface area contributed by atoms with Gasteiger partial charge in [0.25, 0.3) is 0 Å². The van der Waals surface area contributed by atoms with Crippen molar-refractivity contribution in [1.29, 1.82) is 0 Å². The molecule has 0 bridgehead atoms. The predicted octanol–water partition coefficient (Wildman–Crippen LogP) is 1.50. The first-order chi connectivity index (χ1) is 11.9. The molecule has 0 aliphatic carbocycles. The molecule has 5 N–H and O–H groups in total. The maximum Gasteiger partial charge on any atom is 0.490 e. The lowest BCUT2D eigenvalue weighted by molar-refractivity contribution is -0.192. The number of alkyl halides is 3. The van der Waals surface area contributed by atoms with E-state index >= 15 is 0 Å². The molecule has 0 saturated heterocycles. The van der Waals surface area contributed by atoms with Crippen LogP contribution in [-0.4, -0.2) is 59.3 Å². The summed E-state index contributed by atoms with van der Waals surface area (Å²) in [4.78, 5) is 30.6. The minimum absolute atomic E-state index is 0.277. The molecule has 1 atom stereocenters. The first-order valence-corrected chi connectivity index (χ1v) is 7.50. The summed E-state index contributed by atoms with van der Waals surface area (Å²) in [6, 6.07) is -0.835. The summed E-state index contributed by atoms with van der Waals surface area (Å²) >= 11 is 0. The van der Waals surface area contributed by atoms with Crippen LogP contribution in [0.3, 0.4) is 0 Å². The molecule has 0 aromatic heterocycles. The molecule has 1 amide bonds. The zero-order valence-electron chi connectivity index (χ0n) is 14.0. The molecule has 0 unspecified atom stereocenters. The number of nitrogens with two attached hydrogens (primary N) is 1. The Hall–Kier alpha value is -2.44. The van der Waals surface area contributed by atoms with Crippen LogP contribution in [0.15, 0.2) is 10.2 Å². The van der Waals surface area contributed by atoms with E-state index in [1.54, 1.807) is 0 Å². The average molecular weight is 386 g/mol. The third-order valence-corrected chi connectivity index (χ3v) is 3.02. The molecule has 0 spiro atoms. The van der Waals surface area contributed by atoms with Crippen LogP contribution in [0.25, 0.3) is 0 Å². The third kappa shape index (κ3) is 12.0. The molecule has 0 radical (unpaired) electrons. The van der Waals surface area contributed by atoms with Crippen LogP contribution < -0.4 is 11.1 Å². The Kier molecular flexibility index (Phi) is 9.54. The standard InChI is InChI=1S/C11H20N4O4.C2HF3O2/c1-11(14-15-11)5-7-19-10(18)13-6-3-2-4-8(12)9(16)17;3-2(4,5)1(6)7/h8H,2-7,12H2,1H3,(H,13,18)(H,16,17);(H,6,7)/t8-;/m0./s1. The van der Waals surface area contributed by atoms with Crippen LogP contribution in [0.4, 0.5) is 18.0 Å². The largest absolute Gasteiger partial charge is 0.490 e. The van der Waals surface area contributed by atoms with Crippen molar-refractivity contribution in [3.8, 4) is 0 Å². The summed E-state index contributed by atoms with van der Waals surface area (Å²) in [5.74, 6) is -3.76. The number of carboxylic acids is 2. The monoisotopic (exact) mass is 386 g/mol. The molecule has 1 heterocycles. The van der Waals surface area contributed by atoms with Gasteiger partial charge in [-0.05, 0) is 26.2 Å². The molecule has 1 aliphatic heterocycles. The minimum atomic E-state index is -5.08. The summed E-state index contributed by atoms with van der Waals surface area (Å²) < 4.78 is 36.7. The molecule has 1 aliphatic rings. The Morgan fingerprint density at radius 3 is 2.19 bits per heavy atom. The summed E-state index contributed by atoms with van der Waals surface area (Å²) in [7, 11) is 0. The van der Waals surface area contributed by atoms with Gasteiger partial charge < -0.3 is 26.0 Å². The number of ether oxygens (including phenoxy) is 1. The van der Waals surface area contributed by atoms with Crippen LogP contribution in [-0.2, 0) is 14.3 Å². The number of nitrogens with one attached hydrogen (secondary N) is 1. The SMILES string of the molecule is CC1(CCOC(=O)NCCCC[C@H](N)C(=O)O)N=N1.O=C(O)C(F)(F)F. The predicted molar refractivity (Wildman–Crippen MR) is 80.4 cm³/mol. The topological polar surface area (TPSA) is 164 Å². The van der Waals surface area contributed by atoms with E-state index in [2.05, 4.69) is 15.5 Å². The lowest BCUT2D eigenvalue weighted by atomic mass is 10.1. The van der Waals surface area contributed by atoms with E-state index in [4.69, 9.17) is 25.5 Å². The molecule has 0 aromatic rings. The molecule has 13 heteroatoms. The van der Waals surface area contributed by atoms with Gasteiger partial charge in [0, 0.05) is 13.0 Å². The number of rotatable bonds is 9. The van der Waals surface area contributed by atoms with E-state index in [1.165, 1.54) is 0 Å². The fourth-order valence-corrected chi connectivity index (χ4v) is 1.38. The molecule has 0 aromatic carbocycles. The van der Waals surface area contributed by atoms with Crippen molar-refractivity contribution in [2.75, 3.05) is 13.2 Å². The highest BCUT2D eigenvalue weighted by atomic mass is 19.4. The Morgan fingerprint density at radius 2 is 1.77 bits per heavy atom. The number of amides is 1. The van der Waals surface area contributed by atoms with Crippen molar-refractivity contribution >= 4 is 18.0 Å². The van der Waals surface area contributed by atoms with Gasteiger partial charge in [-0.15, -0.1) is 0 Å². The van der Waals surface area contributed by atoms with Gasteiger partial charge in [-0.1, -0.05) is 0 Å². The number of hydrogen-bond donors (Lipinski definition) is 4. The second-order valence-corrected chi connectivity index (χ2v) is 5.47. The van der Waals surface area contributed by atoms with Gasteiger partial charge in [-0.3, -0.25) is 4.79 Å². The van der Waals surface area contributed by atoms with Crippen LogP contribution in [0.2, 0.25) is 0 Å². The number of aliphatic carboxylic acids is 2. The summed E-state index contributed by atoms with van der Waals surface area (Å²) in [5, 5.41) is 25.9. The summed E-state index contributed by atoms with van der Waals surface area (Å²) in [5.41, 5.74) is 4.99. The number of unbranched alkanes of at least 4 members (excludes halogenated alkanes) is 1. The van der Waals surface area contributed by atoms with E-state index in [1.807, 2.05) is 6.92 Å². The van der Waals surface area contributed by atoms with Crippen LogP contribution in [0.1, 0.15) is 32.6 Å². The minimum Gasteiger partial charge on any atom is -0.480 e. The van der Waals surface area contributed by atoms with Gasteiger partial charge >= 0.3 is 24.2 Å². The van der Waals surface area contributed by atoms with E-state index in [0.29, 0.717) is 32.2 Å². The van der Waals surface area contributed by atoms with Gasteiger partial charge in [0.05, 0.1) is 6.61 Å². The van der Waals surface area contributed by atoms with Crippen LogP contribution >= 0.6 is 0 Å². The van der Waals surface area contributed by atoms with Crippen molar-refractivity contribution in [2.24, 2.45) is 16.0 Å². The van der Waals surface area contributed by atoms with E-state index in [9.17, 15) is 22.8 Å². The molecule has 150 valence electrons. The van der Waals surface area contributed by atoms with Crippen molar-refractivity contribution in [3.05, 3.63) is 0 Å². The van der Waals surface area contributed by atoms with Crippen LogP contribution in [0, 0.1) is 0 Å². The normalized spacial score (nSPS) is 15.3. The zero-order chi connectivity index (χ0) is 20.4. The fraction of sp³-hybridized carbons (Fsp3) is 0.769. The summed E-state index contributed by atoms with van der Waals surface area (Å²) in [6.45, 7) is 2.58. The second kappa shape index (κ2) is 10.5. The van der Waals surface area contributed by atoms with Gasteiger partial charge in [0.1, 0.15) is 6.04 Å². The Labute approximate surface area is 146 Å². The Morgan fingerprint density at radius 1 is 1.23 bits per heavy atom. The molecule has 0 fully saturated rings. The third-order valence-electron chi connectivity index (χ3n) is 3.02. The molecular weight excluding hydrogens is 365 g/mol. The average Bonchev–Trinajstić information content (AvgIpc) is 3.23. The van der Waals surface area contributed by atoms with Gasteiger partial charge in [0.15, 0.2) is 5.66 Å². The van der Waals surface area contributed by atoms with Gasteiger partial charge in [-0.25, -0.2) is 9.59 Å². The van der Waals surface area contributed by atoms with E-state index in [-0.39, 0.29) is 12.3 Å². The first-order valence-electron chi connectivity index (χ1n) is 7.50. The smallest absolute Gasteiger partial charge is 0.480 e. The second-order valence-electron chi connectivity index (χ2n) is 5.47. The van der Waals surface area contributed by atoms with Crippen molar-refractivity contribution < 1.29 is 42.5 Å². The van der Waals surface area contributed by atoms with Gasteiger partial charge in [-0.2, -0.15) is 23.4 Å². The number of alkyl carbamates (subject to hydrolysis) is 1. The van der Waals surface area contributed by atoms with Gasteiger partial charge in [0.2, 0.25) is 0 Å². The Balaban J connectivity index is 0.000000758. The van der Waals surface area contributed by atoms with Crippen molar-refractivity contribution in [1.82, 2.24) is 5.32 Å².